The summed E-state index contributed by atoms with van der Waals surface area (Å²) in [6.45, 7) is 6.10. The average Bonchev–Trinajstić information content (AvgIpc) is 3.00. The number of ether oxygens (including phenoxy) is 1. The van der Waals surface area contributed by atoms with E-state index in [-0.39, 0.29) is 18.5 Å². The first kappa shape index (κ1) is 23.2. The van der Waals surface area contributed by atoms with Crippen molar-refractivity contribution in [3.63, 3.8) is 0 Å². The Morgan fingerprint density at radius 1 is 1.06 bits per heavy atom. The number of carbonyl (C=O) groups is 1. The molecule has 1 heterocycles. The van der Waals surface area contributed by atoms with Crippen LogP contribution >= 0.6 is 0 Å². The number of methoxy groups -OCH3 is 1. The SMILES string of the molecule is COc1ccccc1[C@@H](C)NC(=O)CN1CCCN(S(=O)(=O)c2ccc(C)cc2)CC1. The van der Waals surface area contributed by atoms with Gasteiger partial charge in [0, 0.05) is 25.2 Å². The highest BCUT2D eigenvalue weighted by molar-refractivity contribution is 7.89. The van der Waals surface area contributed by atoms with Crippen molar-refractivity contribution in [1.29, 1.82) is 0 Å². The van der Waals surface area contributed by atoms with Crippen LogP contribution in [0, 0.1) is 6.92 Å². The zero-order valence-electron chi connectivity index (χ0n) is 18.4. The third-order valence-corrected chi connectivity index (χ3v) is 7.47. The summed E-state index contributed by atoms with van der Waals surface area (Å²) < 4.78 is 32.8. The van der Waals surface area contributed by atoms with E-state index in [1.165, 1.54) is 4.31 Å². The molecule has 2 aromatic carbocycles. The van der Waals surface area contributed by atoms with Gasteiger partial charge in [0.25, 0.3) is 0 Å². The number of sulfonamides is 1. The van der Waals surface area contributed by atoms with Gasteiger partial charge >= 0.3 is 0 Å². The minimum absolute atomic E-state index is 0.0896. The van der Waals surface area contributed by atoms with Crippen LogP contribution in [0.15, 0.2) is 53.4 Å². The van der Waals surface area contributed by atoms with E-state index in [4.69, 9.17) is 4.74 Å². The minimum Gasteiger partial charge on any atom is -0.496 e. The molecule has 8 heteroatoms. The highest BCUT2D eigenvalue weighted by Crippen LogP contribution is 2.24. The molecule has 1 atom stereocenters. The Labute approximate surface area is 185 Å². The van der Waals surface area contributed by atoms with Crippen LogP contribution in [0.5, 0.6) is 5.75 Å². The van der Waals surface area contributed by atoms with Crippen molar-refractivity contribution in [3.05, 3.63) is 59.7 Å². The van der Waals surface area contributed by atoms with E-state index in [9.17, 15) is 13.2 Å². The number of nitrogens with zero attached hydrogens (tertiary/aromatic N) is 2. The lowest BCUT2D eigenvalue weighted by Gasteiger charge is -2.23. The van der Waals surface area contributed by atoms with Crippen molar-refractivity contribution in [3.8, 4) is 5.75 Å². The summed E-state index contributed by atoms with van der Waals surface area (Å²) in [7, 11) is -1.91. The Morgan fingerprint density at radius 3 is 2.48 bits per heavy atom. The van der Waals surface area contributed by atoms with Crippen LogP contribution in [0.4, 0.5) is 0 Å². The van der Waals surface area contributed by atoms with E-state index in [1.807, 2.05) is 55.1 Å². The average molecular weight is 446 g/mol. The van der Waals surface area contributed by atoms with Crippen molar-refractivity contribution < 1.29 is 17.9 Å². The fraction of sp³-hybridized carbons (Fsp3) is 0.435. The predicted molar refractivity (Wildman–Crippen MR) is 121 cm³/mol. The lowest BCUT2D eigenvalue weighted by Crippen LogP contribution is -2.40. The number of rotatable bonds is 7. The Bertz CT molecular complexity index is 992. The molecule has 3 rings (SSSR count). The molecule has 0 bridgehead atoms. The third-order valence-electron chi connectivity index (χ3n) is 5.56. The van der Waals surface area contributed by atoms with Gasteiger partial charge in [-0.1, -0.05) is 35.9 Å². The summed E-state index contributed by atoms with van der Waals surface area (Å²) >= 11 is 0. The molecule has 1 aliphatic heterocycles. The minimum atomic E-state index is -3.52. The van der Waals surface area contributed by atoms with Crippen molar-refractivity contribution >= 4 is 15.9 Å². The molecule has 168 valence electrons. The van der Waals surface area contributed by atoms with E-state index in [1.54, 1.807) is 19.2 Å². The smallest absolute Gasteiger partial charge is 0.243 e. The molecule has 0 unspecified atom stereocenters. The first-order valence-electron chi connectivity index (χ1n) is 10.5. The monoisotopic (exact) mass is 445 g/mol. The van der Waals surface area contributed by atoms with Crippen molar-refractivity contribution in [2.45, 2.75) is 31.2 Å². The van der Waals surface area contributed by atoms with Crippen LogP contribution in [0.1, 0.15) is 30.5 Å². The molecule has 31 heavy (non-hydrogen) atoms. The van der Waals surface area contributed by atoms with Gasteiger partial charge in [-0.25, -0.2) is 8.42 Å². The van der Waals surface area contributed by atoms with Crippen LogP contribution in [-0.2, 0) is 14.8 Å². The lowest BCUT2D eigenvalue weighted by atomic mass is 10.1. The molecule has 0 saturated carbocycles. The van der Waals surface area contributed by atoms with Gasteiger partial charge < -0.3 is 10.1 Å². The molecule has 0 spiro atoms. The fourth-order valence-corrected chi connectivity index (χ4v) is 5.27. The third kappa shape index (κ3) is 5.84. The summed E-state index contributed by atoms with van der Waals surface area (Å²) in [5, 5.41) is 3.02. The molecule has 0 radical (unpaired) electrons. The Kier molecular flexibility index (Phi) is 7.69. The number of aryl methyl sites for hydroxylation is 1. The number of nitrogens with one attached hydrogen (secondary N) is 1. The number of amides is 1. The Hall–Kier alpha value is -2.42. The fourth-order valence-electron chi connectivity index (χ4n) is 3.80. The summed E-state index contributed by atoms with van der Waals surface area (Å²) in [5.41, 5.74) is 1.94. The second kappa shape index (κ2) is 10.3. The van der Waals surface area contributed by atoms with Gasteiger partial charge in [-0.05, 0) is 45.0 Å². The second-order valence-electron chi connectivity index (χ2n) is 7.88. The van der Waals surface area contributed by atoms with Crippen molar-refractivity contribution in [2.75, 3.05) is 39.8 Å². The van der Waals surface area contributed by atoms with E-state index in [0.29, 0.717) is 37.5 Å². The summed E-state index contributed by atoms with van der Waals surface area (Å²) in [5.74, 6) is 0.648. The maximum atomic E-state index is 13.0. The van der Waals surface area contributed by atoms with Gasteiger partial charge in [0.2, 0.25) is 15.9 Å². The van der Waals surface area contributed by atoms with Crippen LogP contribution in [-0.4, -0.2) is 63.4 Å². The second-order valence-corrected chi connectivity index (χ2v) is 9.82. The van der Waals surface area contributed by atoms with Gasteiger partial charge in [0.05, 0.1) is 24.6 Å². The van der Waals surface area contributed by atoms with E-state index >= 15 is 0 Å². The Balaban J connectivity index is 1.57. The number of hydrogen-bond donors (Lipinski definition) is 1. The molecule has 2 aromatic rings. The van der Waals surface area contributed by atoms with Gasteiger partial charge in [-0.2, -0.15) is 4.31 Å². The first-order chi connectivity index (χ1) is 14.8. The topological polar surface area (TPSA) is 79.0 Å². The molecule has 1 aliphatic rings. The van der Waals surface area contributed by atoms with E-state index in [0.717, 1.165) is 16.9 Å². The number of para-hydroxylation sites is 1. The highest BCUT2D eigenvalue weighted by atomic mass is 32.2. The quantitative estimate of drug-likeness (QED) is 0.709. The summed E-state index contributed by atoms with van der Waals surface area (Å²) in [4.78, 5) is 14.9. The van der Waals surface area contributed by atoms with Gasteiger partial charge in [0.15, 0.2) is 0 Å². The van der Waals surface area contributed by atoms with Crippen LogP contribution < -0.4 is 10.1 Å². The maximum absolute atomic E-state index is 13.0. The van der Waals surface area contributed by atoms with Gasteiger partial charge in [0.1, 0.15) is 5.75 Å². The zero-order chi connectivity index (χ0) is 22.4. The molecule has 1 N–H and O–H groups in total. The van der Waals surface area contributed by atoms with Gasteiger partial charge in [-0.15, -0.1) is 0 Å². The summed E-state index contributed by atoms with van der Waals surface area (Å²) in [6.07, 6.45) is 0.681. The number of carbonyl (C=O) groups excluding carboxylic acids is 1. The molecular weight excluding hydrogens is 414 g/mol. The first-order valence-corrected chi connectivity index (χ1v) is 12.0. The van der Waals surface area contributed by atoms with E-state index in [2.05, 4.69) is 5.32 Å². The molecule has 1 saturated heterocycles. The molecule has 7 nitrogen and oxygen atoms in total. The number of hydrogen-bond acceptors (Lipinski definition) is 5. The maximum Gasteiger partial charge on any atom is 0.243 e. The lowest BCUT2D eigenvalue weighted by molar-refractivity contribution is -0.122. The van der Waals surface area contributed by atoms with Gasteiger partial charge in [-0.3, -0.25) is 9.69 Å². The van der Waals surface area contributed by atoms with Crippen LogP contribution in [0.25, 0.3) is 0 Å². The standard InChI is InChI=1S/C23H31N3O4S/c1-18-9-11-20(12-10-18)31(28,29)26-14-6-13-25(15-16-26)17-23(27)24-19(2)21-7-4-5-8-22(21)30-3/h4-5,7-12,19H,6,13-17H2,1-3H3,(H,24,27)/t19-/m1/s1. The molecule has 0 aliphatic carbocycles. The van der Waals surface area contributed by atoms with E-state index < -0.39 is 10.0 Å². The highest BCUT2D eigenvalue weighted by Gasteiger charge is 2.27. The van der Waals surface area contributed by atoms with Crippen LogP contribution in [0.2, 0.25) is 0 Å². The number of benzene rings is 2. The van der Waals surface area contributed by atoms with Crippen molar-refractivity contribution in [2.24, 2.45) is 0 Å². The van der Waals surface area contributed by atoms with Crippen molar-refractivity contribution in [1.82, 2.24) is 14.5 Å². The summed E-state index contributed by atoms with van der Waals surface area (Å²) in [6, 6.07) is 14.4. The molecule has 1 amide bonds. The Morgan fingerprint density at radius 2 is 1.77 bits per heavy atom. The van der Waals surface area contributed by atoms with Crippen LogP contribution in [0.3, 0.4) is 0 Å². The molecule has 0 aromatic heterocycles. The predicted octanol–water partition coefficient (Wildman–Crippen LogP) is 2.58. The molecule has 1 fully saturated rings. The zero-order valence-corrected chi connectivity index (χ0v) is 19.2. The largest absolute Gasteiger partial charge is 0.496 e. The molecular formula is C23H31N3O4S. The normalized spacial score (nSPS) is 17.0.